The minimum Gasteiger partial charge on any atom is -0.471 e. The summed E-state index contributed by atoms with van der Waals surface area (Å²) in [5, 5.41) is 9.13. The van der Waals surface area contributed by atoms with E-state index in [4.69, 9.17) is 16.3 Å². The summed E-state index contributed by atoms with van der Waals surface area (Å²) < 4.78 is 8.95. The normalized spacial score (nSPS) is 10.8. The fourth-order valence-corrected chi connectivity index (χ4v) is 2.74. The van der Waals surface area contributed by atoms with Gasteiger partial charge in [0.2, 0.25) is 0 Å². The minimum absolute atomic E-state index is 0.134. The van der Waals surface area contributed by atoms with E-state index in [0.717, 1.165) is 11.3 Å². The summed E-state index contributed by atoms with van der Waals surface area (Å²) >= 11 is 5.86. The van der Waals surface area contributed by atoms with Gasteiger partial charge in [-0.15, -0.1) is 0 Å². The molecule has 136 valence electrons. The summed E-state index contributed by atoms with van der Waals surface area (Å²) in [7, 11) is 3.62. The van der Waals surface area contributed by atoms with E-state index in [0.29, 0.717) is 23.0 Å². The molecule has 0 aliphatic heterocycles. The van der Waals surface area contributed by atoms with Gasteiger partial charge in [0.05, 0.1) is 5.69 Å². The molecule has 1 amide bonds. The van der Waals surface area contributed by atoms with Gasteiger partial charge in [-0.3, -0.25) is 9.48 Å². The molecule has 7 nitrogen and oxygen atoms in total. The molecule has 2 heterocycles. The molecule has 0 N–H and O–H groups in total. The Hall–Kier alpha value is -2.80. The van der Waals surface area contributed by atoms with Crippen LogP contribution in [0.4, 0.5) is 0 Å². The van der Waals surface area contributed by atoms with E-state index >= 15 is 0 Å². The van der Waals surface area contributed by atoms with Gasteiger partial charge in [0.1, 0.15) is 11.4 Å². The lowest BCUT2D eigenvalue weighted by atomic mass is 10.2. The molecule has 0 saturated heterocycles. The highest BCUT2D eigenvalue weighted by molar-refractivity contribution is 6.30. The number of hydrogen-bond donors (Lipinski definition) is 0. The molecule has 0 unspecified atom stereocenters. The Labute approximate surface area is 156 Å². The van der Waals surface area contributed by atoms with Crippen molar-refractivity contribution in [2.24, 2.45) is 7.05 Å². The van der Waals surface area contributed by atoms with Crippen LogP contribution in [0.1, 0.15) is 21.7 Å². The predicted molar refractivity (Wildman–Crippen MR) is 98.0 cm³/mol. The maximum atomic E-state index is 12.8. The van der Waals surface area contributed by atoms with Crippen molar-refractivity contribution in [1.29, 1.82) is 0 Å². The van der Waals surface area contributed by atoms with Gasteiger partial charge in [-0.2, -0.15) is 10.2 Å². The average Bonchev–Trinajstić information content (AvgIpc) is 3.20. The number of carbonyl (C=O) groups is 1. The Morgan fingerprint density at radius 2 is 2.00 bits per heavy atom. The quantitative estimate of drug-likeness (QED) is 0.666. The number of amides is 1. The molecule has 0 atom stereocenters. The van der Waals surface area contributed by atoms with E-state index in [1.54, 1.807) is 53.2 Å². The molecule has 1 aromatic carbocycles. The second-order valence-electron chi connectivity index (χ2n) is 6.02. The minimum atomic E-state index is -0.134. The highest BCUT2D eigenvalue weighted by Crippen LogP contribution is 2.16. The van der Waals surface area contributed by atoms with Gasteiger partial charge in [0.25, 0.3) is 5.91 Å². The van der Waals surface area contributed by atoms with Crippen LogP contribution in [0.25, 0.3) is 0 Å². The van der Waals surface area contributed by atoms with E-state index in [1.807, 2.05) is 20.2 Å². The van der Waals surface area contributed by atoms with Crippen molar-refractivity contribution in [2.45, 2.75) is 20.2 Å². The van der Waals surface area contributed by atoms with E-state index in [9.17, 15) is 4.79 Å². The molecule has 0 radical (unpaired) electrons. The molecule has 0 aliphatic rings. The molecular weight excluding hydrogens is 354 g/mol. The number of carbonyl (C=O) groups excluding carboxylic acids is 1. The van der Waals surface area contributed by atoms with Crippen molar-refractivity contribution in [3.05, 3.63) is 64.7 Å². The largest absolute Gasteiger partial charge is 0.471 e. The van der Waals surface area contributed by atoms with Gasteiger partial charge in [0, 0.05) is 43.6 Å². The van der Waals surface area contributed by atoms with Crippen molar-refractivity contribution in [3.8, 4) is 5.75 Å². The van der Waals surface area contributed by atoms with Gasteiger partial charge in [-0.25, -0.2) is 4.68 Å². The molecule has 2 aromatic heterocycles. The summed E-state index contributed by atoms with van der Waals surface area (Å²) in [6, 6.07) is 8.71. The van der Waals surface area contributed by atoms with Gasteiger partial charge < -0.3 is 9.64 Å². The monoisotopic (exact) mass is 373 g/mol. The first kappa shape index (κ1) is 18.0. The fourth-order valence-electron chi connectivity index (χ4n) is 2.61. The lowest BCUT2D eigenvalue weighted by Crippen LogP contribution is -2.29. The molecule has 0 spiro atoms. The van der Waals surface area contributed by atoms with E-state index in [-0.39, 0.29) is 12.6 Å². The lowest BCUT2D eigenvalue weighted by molar-refractivity contribution is 0.0762. The average molecular weight is 374 g/mol. The van der Waals surface area contributed by atoms with Gasteiger partial charge in [0.15, 0.2) is 6.73 Å². The molecule has 8 heteroatoms. The van der Waals surface area contributed by atoms with E-state index in [2.05, 4.69) is 10.2 Å². The molecule has 0 saturated carbocycles. The van der Waals surface area contributed by atoms with Crippen LogP contribution < -0.4 is 4.74 Å². The number of rotatable bonds is 6. The van der Waals surface area contributed by atoms with Crippen LogP contribution in [-0.4, -0.2) is 37.4 Å². The SMILES string of the molecule is Cc1nn(C)cc1CN(C)C(=O)c1ccnn1COc1ccc(Cl)cc1. The molecule has 0 aliphatic carbocycles. The van der Waals surface area contributed by atoms with Crippen LogP contribution in [0.15, 0.2) is 42.7 Å². The number of hydrogen-bond acceptors (Lipinski definition) is 4. The zero-order valence-corrected chi connectivity index (χ0v) is 15.6. The number of benzene rings is 1. The second-order valence-corrected chi connectivity index (χ2v) is 6.45. The number of aryl methyl sites for hydroxylation is 2. The number of halogens is 1. The van der Waals surface area contributed by atoms with Crippen LogP contribution in [0.3, 0.4) is 0 Å². The topological polar surface area (TPSA) is 65.2 Å². The smallest absolute Gasteiger partial charge is 0.272 e. The van der Waals surface area contributed by atoms with Crippen LogP contribution >= 0.6 is 11.6 Å². The van der Waals surface area contributed by atoms with Crippen LogP contribution in [0.2, 0.25) is 5.02 Å². The second kappa shape index (κ2) is 7.61. The maximum absolute atomic E-state index is 12.8. The van der Waals surface area contributed by atoms with Gasteiger partial charge >= 0.3 is 0 Å². The summed E-state index contributed by atoms with van der Waals surface area (Å²) in [6.07, 6.45) is 3.50. The third kappa shape index (κ3) is 4.05. The third-order valence-electron chi connectivity index (χ3n) is 3.97. The predicted octanol–water partition coefficient (Wildman–Crippen LogP) is 2.89. The van der Waals surface area contributed by atoms with Crippen molar-refractivity contribution in [3.63, 3.8) is 0 Å². The highest BCUT2D eigenvalue weighted by Gasteiger charge is 2.18. The fraction of sp³-hybridized carbons (Fsp3) is 0.278. The van der Waals surface area contributed by atoms with Crippen LogP contribution in [-0.2, 0) is 20.3 Å². The molecule has 0 bridgehead atoms. The third-order valence-corrected chi connectivity index (χ3v) is 4.22. The number of aromatic nitrogens is 4. The Balaban J connectivity index is 1.67. The number of ether oxygens (including phenoxy) is 1. The highest BCUT2D eigenvalue weighted by atomic mass is 35.5. The summed E-state index contributed by atoms with van der Waals surface area (Å²) in [5.41, 5.74) is 2.38. The van der Waals surface area contributed by atoms with Crippen LogP contribution in [0.5, 0.6) is 5.75 Å². The standard InChI is InChI=1S/C18H20ClN5O2/c1-13-14(11-23(3)21-13)10-22(2)18(25)17-8-9-20-24(17)12-26-16-6-4-15(19)5-7-16/h4-9,11H,10,12H2,1-3H3. The molecule has 3 aromatic rings. The van der Waals surface area contributed by atoms with Gasteiger partial charge in [-0.05, 0) is 37.3 Å². The van der Waals surface area contributed by atoms with E-state index in [1.165, 1.54) is 4.68 Å². The zero-order valence-electron chi connectivity index (χ0n) is 14.9. The summed E-state index contributed by atoms with van der Waals surface area (Å²) in [5.74, 6) is 0.521. The van der Waals surface area contributed by atoms with Crippen molar-refractivity contribution >= 4 is 17.5 Å². The molecule has 0 fully saturated rings. The first-order valence-electron chi connectivity index (χ1n) is 8.09. The Kier molecular flexibility index (Phi) is 5.27. The first-order chi connectivity index (χ1) is 12.4. The lowest BCUT2D eigenvalue weighted by Gasteiger charge is -2.17. The number of nitrogens with zero attached hydrogens (tertiary/aromatic N) is 5. The van der Waals surface area contributed by atoms with Crippen LogP contribution in [0, 0.1) is 6.92 Å². The molecule has 3 rings (SSSR count). The van der Waals surface area contributed by atoms with Crippen molar-refractivity contribution in [1.82, 2.24) is 24.5 Å². The summed E-state index contributed by atoms with van der Waals surface area (Å²) in [4.78, 5) is 14.4. The van der Waals surface area contributed by atoms with Crippen molar-refractivity contribution < 1.29 is 9.53 Å². The Bertz CT molecular complexity index is 901. The van der Waals surface area contributed by atoms with Crippen molar-refractivity contribution in [2.75, 3.05) is 7.05 Å². The molecule has 26 heavy (non-hydrogen) atoms. The molecular formula is C18H20ClN5O2. The maximum Gasteiger partial charge on any atom is 0.272 e. The summed E-state index contributed by atoms with van der Waals surface area (Å²) in [6.45, 7) is 2.54. The van der Waals surface area contributed by atoms with E-state index < -0.39 is 0 Å². The first-order valence-corrected chi connectivity index (χ1v) is 8.46. The van der Waals surface area contributed by atoms with Gasteiger partial charge in [-0.1, -0.05) is 11.6 Å². The zero-order chi connectivity index (χ0) is 18.7. The Morgan fingerprint density at radius 3 is 2.65 bits per heavy atom. The Morgan fingerprint density at radius 1 is 1.27 bits per heavy atom.